The van der Waals surface area contributed by atoms with Gasteiger partial charge in [0.25, 0.3) is 5.91 Å². The Kier molecular flexibility index (Phi) is 3.92. The summed E-state index contributed by atoms with van der Waals surface area (Å²) in [5, 5.41) is 0. The maximum absolute atomic E-state index is 12.6. The number of hydrogen-bond donors (Lipinski definition) is 0. The minimum absolute atomic E-state index is 0.0368. The van der Waals surface area contributed by atoms with Gasteiger partial charge in [0.15, 0.2) is 0 Å². The van der Waals surface area contributed by atoms with Gasteiger partial charge >= 0.3 is 0 Å². The molecule has 1 saturated heterocycles. The van der Waals surface area contributed by atoms with Crippen molar-refractivity contribution in [3.63, 3.8) is 0 Å². The summed E-state index contributed by atoms with van der Waals surface area (Å²) >= 11 is 0. The number of carbonyl (C=O) groups excluding carboxylic acids is 1. The standard InChI is InChI=1S/C20H21N3O2/c1-3-15-7-5-8-16(10-15)25-17-11-22(12-17)20(24)18-13-23-14(2)6-4-9-19(23)21-18/h4-10,13,17H,3,11-12H2,1-2H3. The fourth-order valence-electron chi connectivity index (χ4n) is 3.12. The molecule has 1 fully saturated rings. The van der Waals surface area contributed by atoms with Crippen LogP contribution < -0.4 is 4.74 Å². The Bertz CT molecular complexity index is 926. The molecule has 0 saturated carbocycles. The van der Waals surface area contributed by atoms with Crippen LogP contribution in [0.1, 0.15) is 28.7 Å². The van der Waals surface area contributed by atoms with E-state index in [9.17, 15) is 4.79 Å². The van der Waals surface area contributed by atoms with Crippen molar-refractivity contribution in [2.24, 2.45) is 0 Å². The normalized spacial score (nSPS) is 14.6. The number of benzene rings is 1. The van der Waals surface area contributed by atoms with Crippen LogP contribution in [-0.2, 0) is 6.42 Å². The van der Waals surface area contributed by atoms with Crippen molar-refractivity contribution >= 4 is 11.6 Å². The van der Waals surface area contributed by atoms with E-state index in [1.54, 1.807) is 4.90 Å². The molecule has 2 aromatic heterocycles. The monoisotopic (exact) mass is 335 g/mol. The minimum Gasteiger partial charge on any atom is -0.487 e. The quantitative estimate of drug-likeness (QED) is 0.736. The first-order valence-corrected chi connectivity index (χ1v) is 8.63. The molecule has 3 heterocycles. The third kappa shape index (κ3) is 2.97. The van der Waals surface area contributed by atoms with E-state index >= 15 is 0 Å². The van der Waals surface area contributed by atoms with E-state index in [0.29, 0.717) is 18.8 Å². The van der Waals surface area contributed by atoms with Crippen LogP contribution in [0.5, 0.6) is 5.75 Å². The Morgan fingerprint density at radius 2 is 2.04 bits per heavy atom. The topological polar surface area (TPSA) is 46.8 Å². The molecule has 0 N–H and O–H groups in total. The predicted octanol–water partition coefficient (Wildman–Crippen LogP) is 3.11. The van der Waals surface area contributed by atoms with Crippen LogP contribution in [0.3, 0.4) is 0 Å². The second kappa shape index (κ2) is 6.24. The number of hydrogen-bond acceptors (Lipinski definition) is 3. The third-order valence-corrected chi connectivity index (χ3v) is 4.66. The SMILES string of the molecule is CCc1cccc(OC2CN(C(=O)c3cn4c(C)cccc4n3)C2)c1. The first-order valence-electron chi connectivity index (χ1n) is 8.63. The zero-order valence-electron chi connectivity index (χ0n) is 14.5. The van der Waals surface area contributed by atoms with Crippen LogP contribution in [0.15, 0.2) is 48.7 Å². The number of carbonyl (C=O) groups is 1. The second-order valence-corrected chi connectivity index (χ2v) is 6.47. The molecule has 1 amide bonds. The minimum atomic E-state index is -0.0368. The highest BCUT2D eigenvalue weighted by Gasteiger charge is 2.34. The number of ether oxygens (including phenoxy) is 1. The lowest BCUT2D eigenvalue weighted by molar-refractivity contribution is 0.0174. The predicted molar refractivity (Wildman–Crippen MR) is 96.1 cm³/mol. The molecule has 4 rings (SSSR count). The van der Waals surface area contributed by atoms with Gasteiger partial charge in [-0.05, 0) is 43.2 Å². The molecule has 1 aliphatic heterocycles. The number of pyridine rings is 1. The molecular formula is C20H21N3O2. The molecule has 1 aromatic carbocycles. The van der Waals surface area contributed by atoms with Crippen molar-refractivity contribution in [3.8, 4) is 5.75 Å². The highest BCUT2D eigenvalue weighted by Crippen LogP contribution is 2.21. The molecule has 25 heavy (non-hydrogen) atoms. The van der Waals surface area contributed by atoms with Gasteiger partial charge in [0, 0.05) is 11.9 Å². The summed E-state index contributed by atoms with van der Waals surface area (Å²) in [6.07, 6.45) is 2.85. The van der Waals surface area contributed by atoms with E-state index in [-0.39, 0.29) is 12.0 Å². The molecular weight excluding hydrogens is 314 g/mol. The molecule has 0 radical (unpaired) electrons. The number of fused-ring (bicyclic) bond motifs is 1. The van der Waals surface area contributed by atoms with Crippen LogP contribution in [0.25, 0.3) is 5.65 Å². The number of likely N-dealkylation sites (tertiary alicyclic amines) is 1. The van der Waals surface area contributed by atoms with Gasteiger partial charge in [0.2, 0.25) is 0 Å². The maximum atomic E-state index is 12.6. The number of amides is 1. The van der Waals surface area contributed by atoms with Crippen molar-refractivity contribution in [1.29, 1.82) is 0 Å². The van der Waals surface area contributed by atoms with Crippen LogP contribution in [-0.4, -0.2) is 39.4 Å². The lowest BCUT2D eigenvalue weighted by Crippen LogP contribution is -2.56. The molecule has 0 aliphatic carbocycles. The molecule has 0 unspecified atom stereocenters. The summed E-state index contributed by atoms with van der Waals surface area (Å²) in [5.41, 5.74) is 3.60. The highest BCUT2D eigenvalue weighted by atomic mass is 16.5. The molecule has 1 aliphatic rings. The van der Waals surface area contributed by atoms with Gasteiger partial charge in [-0.1, -0.05) is 25.1 Å². The van der Waals surface area contributed by atoms with Crippen LogP contribution in [0.2, 0.25) is 0 Å². The van der Waals surface area contributed by atoms with Gasteiger partial charge in [-0.2, -0.15) is 0 Å². The first kappa shape index (κ1) is 15.7. The largest absolute Gasteiger partial charge is 0.487 e. The van der Waals surface area contributed by atoms with Crippen molar-refractivity contribution in [2.45, 2.75) is 26.4 Å². The van der Waals surface area contributed by atoms with Crippen molar-refractivity contribution < 1.29 is 9.53 Å². The number of aryl methyl sites for hydroxylation is 2. The van der Waals surface area contributed by atoms with E-state index in [0.717, 1.165) is 23.5 Å². The second-order valence-electron chi connectivity index (χ2n) is 6.47. The molecule has 128 valence electrons. The summed E-state index contributed by atoms with van der Waals surface area (Å²) in [4.78, 5) is 18.8. The van der Waals surface area contributed by atoms with E-state index in [4.69, 9.17) is 4.74 Å². The van der Waals surface area contributed by atoms with Gasteiger partial charge in [-0.3, -0.25) is 4.79 Å². The van der Waals surface area contributed by atoms with Gasteiger partial charge in [0.1, 0.15) is 23.2 Å². The Hall–Kier alpha value is -2.82. The fraction of sp³-hybridized carbons (Fsp3) is 0.300. The van der Waals surface area contributed by atoms with Crippen molar-refractivity contribution in [3.05, 3.63) is 65.6 Å². The van der Waals surface area contributed by atoms with Crippen LogP contribution in [0.4, 0.5) is 0 Å². The molecule has 5 nitrogen and oxygen atoms in total. The molecule has 0 spiro atoms. The molecule has 0 atom stereocenters. The smallest absolute Gasteiger partial charge is 0.274 e. The van der Waals surface area contributed by atoms with Gasteiger partial charge < -0.3 is 14.0 Å². The first-order chi connectivity index (χ1) is 12.1. The Morgan fingerprint density at radius 1 is 1.24 bits per heavy atom. The average Bonchev–Trinajstić information content (AvgIpc) is 3.03. The van der Waals surface area contributed by atoms with Crippen LogP contribution in [0, 0.1) is 6.92 Å². The van der Waals surface area contributed by atoms with E-state index in [1.165, 1.54) is 5.56 Å². The van der Waals surface area contributed by atoms with E-state index in [2.05, 4.69) is 24.0 Å². The lowest BCUT2D eigenvalue weighted by atomic mass is 10.1. The Balaban J connectivity index is 1.41. The lowest BCUT2D eigenvalue weighted by Gasteiger charge is -2.38. The van der Waals surface area contributed by atoms with E-state index in [1.807, 2.05) is 47.9 Å². The molecule has 5 heteroatoms. The van der Waals surface area contributed by atoms with Crippen LogP contribution >= 0.6 is 0 Å². The maximum Gasteiger partial charge on any atom is 0.274 e. The summed E-state index contributed by atoms with van der Waals surface area (Å²) in [5.74, 6) is 0.838. The zero-order chi connectivity index (χ0) is 17.4. The van der Waals surface area contributed by atoms with Gasteiger partial charge in [-0.25, -0.2) is 4.98 Å². The number of nitrogens with zero attached hydrogens (tertiary/aromatic N) is 3. The van der Waals surface area contributed by atoms with Crippen molar-refractivity contribution in [1.82, 2.24) is 14.3 Å². The summed E-state index contributed by atoms with van der Waals surface area (Å²) in [6, 6.07) is 14.0. The van der Waals surface area contributed by atoms with Crippen molar-refractivity contribution in [2.75, 3.05) is 13.1 Å². The van der Waals surface area contributed by atoms with Gasteiger partial charge in [0.05, 0.1) is 13.1 Å². The molecule has 3 aromatic rings. The number of aromatic nitrogens is 2. The summed E-state index contributed by atoms with van der Waals surface area (Å²) in [6.45, 7) is 5.32. The number of rotatable bonds is 4. The summed E-state index contributed by atoms with van der Waals surface area (Å²) < 4.78 is 7.91. The Labute approximate surface area is 146 Å². The Morgan fingerprint density at radius 3 is 2.80 bits per heavy atom. The number of imidazole rings is 1. The average molecular weight is 335 g/mol. The van der Waals surface area contributed by atoms with Gasteiger partial charge in [-0.15, -0.1) is 0 Å². The molecule has 0 bridgehead atoms. The highest BCUT2D eigenvalue weighted by molar-refractivity contribution is 5.93. The third-order valence-electron chi connectivity index (χ3n) is 4.66. The van der Waals surface area contributed by atoms with E-state index < -0.39 is 0 Å². The fourth-order valence-corrected chi connectivity index (χ4v) is 3.12. The summed E-state index contributed by atoms with van der Waals surface area (Å²) in [7, 11) is 0. The zero-order valence-corrected chi connectivity index (χ0v) is 14.5.